The van der Waals surface area contributed by atoms with Gasteiger partial charge in [-0.1, -0.05) is 48.5 Å². The van der Waals surface area contributed by atoms with E-state index in [1.807, 2.05) is 30.3 Å². The van der Waals surface area contributed by atoms with Crippen LogP contribution in [0.3, 0.4) is 0 Å². The topological polar surface area (TPSA) is 77.0 Å². The van der Waals surface area contributed by atoms with Crippen LogP contribution < -0.4 is 10.6 Å². The minimum absolute atomic E-state index is 0.107. The molecule has 2 aliphatic rings. The van der Waals surface area contributed by atoms with Gasteiger partial charge in [0, 0.05) is 45.3 Å². The zero-order valence-corrected chi connectivity index (χ0v) is 18.4. The second-order valence-electron chi connectivity index (χ2n) is 7.97. The van der Waals surface area contributed by atoms with Crippen LogP contribution in [-0.4, -0.2) is 67.3 Å². The van der Waals surface area contributed by atoms with Gasteiger partial charge < -0.3 is 20.4 Å². The molecule has 32 heavy (non-hydrogen) atoms. The van der Waals surface area contributed by atoms with Gasteiger partial charge in [0.05, 0.1) is 6.54 Å². The number of carbonyl (C=O) groups is 2. The van der Waals surface area contributed by atoms with Gasteiger partial charge in [-0.15, -0.1) is 0 Å². The van der Waals surface area contributed by atoms with Crippen LogP contribution in [0, 0.1) is 0 Å². The Labute approximate surface area is 188 Å². The normalized spacial score (nSPS) is 17.0. The van der Waals surface area contributed by atoms with Crippen molar-refractivity contribution in [3.8, 4) is 0 Å². The second-order valence-corrected chi connectivity index (χ2v) is 7.97. The van der Waals surface area contributed by atoms with Crippen molar-refractivity contribution in [2.24, 2.45) is 4.99 Å². The van der Waals surface area contributed by atoms with Crippen LogP contribution in [0.2, 0.25) is 0 Å². The Kier molecular flexibility index (Phi) is 6.84. The lowest BCUT2D eigenvalue weighted by Gasteiger charge is -2.30. The minimum Gasteiger partial charge on any atom is -0.353 e. The number of rotatable bonds is 4. The monoisotopic (exact) mass is 431 g/mol. The molecule has 0 spiro atoms. The average molecular weight is 432 g/mol. The van der Waals surface area contributed by atoms with Crippen molar-refractivity contribution in [1.82, 2.24) is 20.4 Å². The molecular formula is C25H29N5O2. The zero-order chi connectivity index (χ0) is 22.3. The summed E-state index contributed by atoms with van der Waals surface area (Å²) in [6, 6.07) is 18.0. The van der Waals surface area contributed by atoms with E-state index in [1.54, 1.807) is 11.9 Å². The molecule has 1 saturated heterocycles. The molecule has 0 atom stereocenters. The number of piperazine rings is 1. The van der Waals surface area contributed by atoms with Gasteiger partial charge in [-0.3, -0.25) is 14.6 Å². The number of nitrogens with one attached hydrogen (secondary N) is 2. The van der Waals surface area contributed by atoms with Crippen LogP contribution in [0.5, 0.6) is 0 Å². The molecular weight excluding hydrogens is 402 g/mol. The largest absolute Gasteiger partial charge is 0.353 e. The maximum Gasteiger partial charge on any atom is 0.254 e. The Morgan fingerprint density at radius 3 is 2.50 bits per heavy atom. The smallest absolute Gasteiger partial charge is 0.254 e. The van der Waals surface area contributed by atoms with Crippen LogP contribution in [0.1, 0.15) is 27.9 Å². The number of hydrogen-bond donors (Lipinski definition) is 2. The molecule has 2 heterocycles. The van der Waals surface area contributed by atoms with E-state index >= 15 is 0 Å². The fraction of sp³-hybridized carbons (Fsp3) is 0.320. The fourth-order valence-electron chi connectivity index (χ4n) is 4.05. The molecule has 2 N–H and O–H groups in total. The third-order valence-corrected chi connectivity index (χ3v) is 5.84. The molecule has 0 aliphatic carbocycles. The first-order valence-electron chi connectivity index (χ1n) is 11.0. The van der Waals surface area contributed by atoms with Crippen LogP contribution in [0.15, 0.2) is 65.7 Å². The first-order valence-corrected chi connectivity index (χ1v) is 11.0. The maximum atomic E-state index is 12.6. The summed E-state index contributed by atoms with van der Waals surface area (Å²) in [6.45, 7) is 3.52. The van der Waals surface area contributed by atoms with Crippen molar-refractivity contribution >= 4 is 23.3 Å². The lowest BCUT2D eigenvalue weighted by molar-refractivity contribution is -0.123. The van der Waals surface area contributed by atoms with Gasteiger partial charge in [-0.2, -0.15) is 0 Å². The minimum atomic E-state index is -0.111. The Balaban J connectivity index is 1.31. The van der Waals surface area contributed by atoms with Gasteiger partial charge in [0.25, 0.3) is 5.91 Å². The lowest BCUT2D eigenvalue weighted by atomic mass is 10.00. The lowest BCUT2D eigenvalue weighted by Crippen LogP contribution is -2.49. The van der Waals surface area contributed by atoms with E-state index in [4.69, 9.17) is 0 Å². The van der Waals surface area contributed by atoms with Crippen molar-refractivity contribution in [1.29, 1.82) is 0 Å². The van der Waals surface area contributed by atoms with Crippen LogP contribution in [0.4, 0.5) is 0 Å². The number of nitrogens with zero attached hydrogens (tertiary/aromatic N) is 3. The van der Waals surface area contributed by atoms with Crippen LogP contribution in [-0.2, 0) is 11.3 Å². The van der Waals surface area contributed by atoms with Crippen molar-refractivity contribution < 1.29 is 9.59 Å². The molecule has 0 bridgehead atoms. The number of hydrogen-bond acceptors (Lipinski definition) is 3. The first-order chi connectivity index (χ1) is 15.6. The highest BCUT2D eigenvalue weighted by Crippen LogP contribution is 2.22. The predicted octanol–water partition coefficient (Wildman–Crippen LogP) is 2.12. The van der Waals surface area contributed by atoms with Gasteiger partial charge in [0.2, 0.25) is 5.91 Å². The van der Waals surface area contributed by atoms with Crippen molar-refractivity contribution in [3.05, 3.63) is 77.4 Å². The molecule has 2 aromatic carbocycles. The summed E-state index contributed by atoms with van der Waals surface area (Å²) in [6.07, 6.45) is 3.25. The average Bonchev–Trinajstić information content (AvgIpc) is 2.85. The second kappa shape index (κ2) is 10.1. The van der Waals surface area contributed by atoms with E-state index in [-0.39, 0.29) is 18.4 Å². The van der Waals surface area contributed by atoms with Gasteiger partial charge in [-0.05, 0) is 35.3 Å². The molecule has 0 aromatic heterocycles. The van der Waals surface area contributed by atoms with Gasteiger partial charge in [0.1, 0.15) is 0 Å². The highest BCUT2D eigenvalue weighted by Gasteiger charge is 2.22. The zero-order valence-electron chi connectivity index (χ0n) is 18.4. The summed E-state index contributed by atoms with van der Waals surface area (Å²) in [5.41, 5.74) is 4.33. The summed E-state index contributed by atoms with van der Waals surface area (Å²) < 4.78 is 0. The Hall–Kier alpha value is -3.61. The van der Waals surface area contributed by atoms with Crippen molar-refractivity contribution in [2.45, 2.75) is 13.0 Å². The molecule has 0 saturated carbocycles. The molecule has 7 nitrogen and oxygen atoms in total. The molecule has 166 valence electrons. The molecule has 0 radical (unpaired) electrons. The Morgan fingerprint density at radius 1 is 1.06 bits per heavy atom. The molecule has 2 aromatic rings. The third-order valence-electron chi connectivity index (χ3n) is 5.84. The Morgan fingerprint density at radius 2 is 1.84 bits per heavy atom. The number of amides is 2. The summed E-state index contributed by atoms with van der Waals surface area (Å²) >= 11 is 0. The van der Waals surface area contributed by atoms with E-state index < -0.39 is 0 Å². The SMILES string of the molecule is CN=C(NCc1ccc(C(=O)N2CCNC(=O)C2)cc1)N1CC=C(c2ccccc2)CC1. The summed E-state index contributed by atoms with van der Waals surface area (Å²) in [4.78, 5) is 32.4. The molecule has 2 aliphatic heterocycles. The highest BCUT2D eigenvalue weighted by molar-refractivity contribution is 5.97. The van der Waals surface area contributed by atoms with Crippen LogP contribution >= 0.6 is 0 Å². The third kappa shape index (κ3) is 5.17. The first kappa shape index (κ1) is 21.6. The van der Waals surface area contributed by atoms with Crippen molar-refractivity contribution in [2.75, 3.05) is 39.8 Å². The Bertz CT molecular complexity index is 1010. The molecule has 0 unspecified atom stereocenters. The van der Waals surface area contributed by atoms with Gasteiger partial charge in [-0.25, -0.2) is 0 Å². The number of carbonyl (C=O) groups excluding carboxylic acids is 2. The molecule has 4 rings (SSSR count). The fourth-order valence-corrected chi connectivity index (χ4v) is 4.05. The van der Waals surface area contributed by atoms with Crippen LogP contribution in [0.25, 0.3) is 5.57 Å². The van der Waals surface area contributed by atoms with E-state index in [1.165, 1.54) is 11.1 Å². The molecule has 2 amide bonds. The number of guanidine groups is 1. The highest BCUT2D eigenvalue weighted by atomic mass is 16.2. The quantitative estimate of drug-likeness (QED) is 0.574. The summed E-state index contributed by atoms with van der Waals surface area (Å²) in [7, 11) is 1.80. The van der Waals surface area contributed by atoms with E-state index in [9.17, 15) is 9.59 Å². The molecule has 1 fully saturated rings. The number of aliphatic imine (C=N–C) groups is 1. The van der Waals surface area contributed by atoms with E-state index in [2.05, 4.69) is 50.9 Å². The van der Waals surface area contributed by atoms with Gasteiger partial charge >= 0.3 is 0 Å². The standard InChI is InChI=1S/C25H29N5O2/c1-26-25(29-14-11-21(12-15-29)20-5-3-2-4-6-20)28-17-19-7-9-22(10-8-19)24(32)30-16-13-27-23(31)18-30/h2-11H,12-18H2,1H3,(H,26,28)(H,27,31). The van der Waals surface area contributed by atoms with E-state index in [0.29, 0.717) is 25.2 Å². The van der Waals surface area contributed by atoms with E-state index in [0.717, 1.165) is 31.0 Å². The summed E-state index contributed by atoms with van der Waals surface area (Å²) in [5.74, 6) is 0.651. The predicted molar refractivity (Wildman–Crippen MR) is 126 cm³/mol. The molecule has 7 heteroatoms. The number of benzene rings is 2. The van der Waals surface area contributed by atoms with Crippen molar-refractivity contribution in [3.63, 3.8) is 0 Å². The van der Waals surface area contributed by atoms with Gasteiger partial charge in [0.15, 0.2) is 5.96 Å². The maximum absolute atomic E-state index is 12.6. The summed E-state index contributed by atoms with van der Waals surface area (Å²) in [5, 5.41) is 6.16.